The van der Waals surface area contributed by atoms with E-state index in [0.29, 0.717) is 35.4 Å². The molecule has 10 heteroatoms. The summed E-state index contributed by atoms with van der Waals surface area (Å²) < 4.78 is 12.4. The number of urea groups is 1. The number of likely N-dealkylation sites (tertiary alicyclic amines) is 1. The Morgan fingerprint density at radius 1 is 0.976 bits per heavy atom. The molecule has 0 spiro atoms. The van der Waals surface area contributed by atoms with Crippen LogP contribution in [0, 0.1) is 5.92 Å². The molecule has 3 aromatic carbocycles. The highest BCUT2D eigenvalue weighted by molar-refractivity contribution is 9.10. The number of hydrogen-bond acceptors (Lipinski definition) is 5. The molecule has 9 nitrogen and oxygen atoms in total. The third-order valence-electron chi connectivity index (χ3n) is 8.02. The standard InChI is InChI=1S/C32H34BrN3O6/c1-41-29-16-20(10-15-27(29)35-32(40)34-26-8-4-3-7-25(26)33)17-30(37)36-23(18-22-6-2-5-9-28(22)36)19-42-24-13-11-21(12-14-24)31(38)39/h3-4,7-8,10-16,22-23,28H,2,5-6,9,17-19H2,1H3,(H,38,39)(H2,34,35,40)/t22?,23-,28?/m0/s1. The molecule has 2 unspecified atom stereocenters. The number of halogens is 1. The summed E-state index contributed by atoms with van der Waals surface area (Å²) in [6.07, 6.45) is 5.46. The van der Waals surface area contributed by atoms with Gasteiger partial charge in [-0.1, -0.05) is 31.0 Å². The molecule has 42 heavy (non-hydrogen) atoms. The molecule has 1 aliphatic carbocycles. The van der Waals surface area contributed by atoms with Crippen LogP contribution >= 0.6 is 15.9 Å². The summed E-state index contributed by atoms with van der Waals surface area (Å²) >= 11 is 3.42. The Morgan fingerprint density at radius 3 is 2.45 bits per heavy atom. The third kappa shape index (κ3) is 6.87. The molecule has 3 amide bonds. The number of aromatic carboxylic acids is 1. The van der Waals surface area contributed by atoms with Crippen molar-refractivity contribution in [2.45, 2.75) is 50.6 Å². The van der Waals surface area contributed by atoms with Gasteiger partial charge >= 0.3 is 12.0 Å². The summed E-state index contributed by atoms with van der Waals surface area (Å²) in [5.41, 5.74) is 2.12. The summed E-state index contributed by atoms with van der Waals surface area (Å²) in [5.74, 6) is 0.550. The van der Waals surface area contributed by atoms with Crippen molar-refractivity contribution in [1.29, 1.82) is 0 Å². The molecule has 3 N–H and O–H groups in total. The molecule has 1 saturated heterocycles. The van der Waals surface area contributed by atoms with Crippen LogP contribution in [-0.2, 0) is 11.2 Å². The number of rotatable bonds is 9. The van der Waals surface area contributed by atoms with Gasteiger partial charge in [0.15, 0.2) is 0 Å². The number of ether oxygens (including phenoxy) is 2. The van der Waals surface area contributed by atoms with Gasteiger partial charge in [-0.3, -0.25) is 4.79 Å². The molecular formula is C32H34BrN3O6. The van der Waals surface area contributed by atoms with E-state index in [9.17, 15) is 14.4 Å². The number of hydrogen-bond donors (Lipinski definition) is 3. The minimum atomic E-state index is -0.984. The third-order valence-corrected chi connectivity index (χ3v) is 8.71. The number of nitrogens with one attached hydrogen (secondary N) is 2. The minimum absolute atomic E-state index is 0.0358. The van der Waals surface area contributed by atoms with E-state index in [1.165, 1.54) is 25.7 Å². The number of carbonyl (C=O) groups excluding carboxylic acids is 2. The van der Waals surface area contributed by atoms with Crippen LogP contribution in [0.5, 0.6) is 11.5 Å². The van der Waals surface area contributed by atoms with Gasteiger partial charge in [0.05, 0.1) is 36.5 Å². The molecule has 0 radical (unpaired) electrons. The topological polar surface area (TPSA) is 117 Å². The van der Waals surface area contributed by atoms with Crippen molar-refractivity contribution >= 4 is 45.2 Å². The molecule has 220 valence electrons. The Balaban J connectivity index is 1.26. The molecule has 1 heterocycles. The van der Waals surface area contributed by atoms with Crippen molar-refractivity contribution in [2.24, 2.45) is 5.92 Å². The van der Waals surface area contributed by atoms with E-state index >= 15 is 0 Å². The number of carboxylic acids is 1. The Bertz CT molecular complexity index is 1450. The maximum atomic E-state index is 13.8. The second kappa shape index (κ2) is 13.3. The Labute approximate surface area is 253 Å². The van der Waals surface area contributed by atoms with Crippen LogP contribution in [0.2, 0.25) is 0 Å². The SMILES string of the molecule is COc1cc(CC(=O)N2C3CCCCC3C[C@H]2COc2ccc(C(=O)O)cc2)ccc1NC(=O)Nc1ccccc1Br. The van der Waals surface area contributed by atoms with E-state index < -0.39 is 12.0 Å². The molecule has 1 aliphatic heterocycles. The van der Waals surface area contributed by atoms with Crippen LogP contribution < -0.4 is 20.1 Å². The average Bonchev–Trinajstić information content (AvgIpc) is 3.37. The van der Waals surface area contributed by atoms with Crippen LogP contribution in [0.4, 0.5) is 16.2 Å². The fourth-order valence-electron chi connectivity index (χ4n) is 6.04. The normalized spacial score (nSPS) is 19.5. The minimum Gasteiger partial charge on any atom is -0.495 e. The van der Waals surface area contributed by atoms with Gasteiger partial charge in [0.2, 0.25) is 5.91 Å². The number of carboxylic acid groups (broad SMARTS) is 1. The van der Waals surface area contributed by atoms with E-state index in [1.54, 1.807) is 30.3 Å². The highest BCUT2D eigenvalue weighted by atomic mass is 79.9. The zero-order chi connectivity index (χ0) is 29.6. The molecule has 1 saturated carbocycles. The van der Waals surface area contributed by atoms with Gasteiger partial charge in [-0.15, -0.1) is 0 Å². The highest BCUT2D eigenvalue weighted by Gasteiger charge is 2.44. The van der Waals surface area contributed by atoms with Gasteiger partial charge in [0.1, 0.15) is 18.1 Å². The monoisotopic (exact) mass is 635 g/mol. The maximum absolute atomic E-state index is 13.8. The number of para-hydroxylation sites is 1. The first-order chi connectivity index (χ1) is 20.3. The first-order valence-electron chi connectivity index (χ1n) is 14.1. The highest BCUT2D eigenvalue weighted by Crippen LogP contribution is 2.40. The molecule has 0 aromatic heterocycles. The van der Waals surface area contributed by atoms with Crippen LogP contribution in [0.25, 0.3) is 0 Å². The summed E-state index contributed by atoms with van der Waals surface area (Å²) in [5, 5.41) is 14.8. The van der Waals surface area contributed by atoms with E-state index in [1.807, 2.05) is 29.2 Å². The Hall–Kier alpha value is -4.05. The summed E-state index contributed by atoms with van der Waals surface area (Å²) in [7, 11) is 1.53. The van der Waals surface area contributed by atoms with E-state index in [2.05, 4.69) is 26.6 Å². The summed E-state index contributed by atoms with van der Waals surface area (Å²) in [4.78, 5) is 39.6. The fourth-order valence-corrected chi connectivity index (χ4v) is 6.42. The predicted molar refractivity (Wildman–Crippen MR) is 163 cm³/mol. The van der Waals surface area contributed by atoms with Gasteiger partial charge in [-0.25, -0.2) is 9.59 Å². The summed E-state index contributed by atoms with van der Waals surface area (Å²) in [6, 6.07) is 18.8. The summed E-state index contributed by atoms with van der Waals surface area (Å²) in [6.45, 7) is 0.351. The van der Waals surface area contributed by atoms with Gasteiger partial charge in [0.25, 0.3) is 0 Å². The molecule has 3 aromatic rings. The average molecular weight is 637 g/mol. The first-order valence-corrected chi connectivity index (χ1v) is 14.9. The van der Waals surface area contributed by atoms with Crippen molar-refractivity contribution in [3.8, 4) is 11.5 Å². The number of nitrogens with zero attached hydrogens (tertiary/aromatic N) is 1. The number of fused-ring (bicyclic) bond motifs is 1. The number of anilines is 2. The van der Waals surface area contributed by atoms with Gasteiger partial charge in [0, 0.05) is 10.5 Å². The molecule has 2 fully saturated rings. The molecule has 0 bridgehead atoms. The van der Waals surface area contributed by atoms with Crippen molar-refractivity contribution in [1.82, 2.24) is 4.90 Å². The largest absolute Gasteiger partial charge is 0.495 e. The lowest BCUT2D eigenvalue weighted by molar-refractivity contribution is -0.134. The lowest BCUT2D eigenvalue weighted by Gasteiger charge is -2.34. The van der Waals surface area contributed by atoms with Crippen LogP contribution in [0.15, 0.2) is 71.2 Å². The lowest BCUT2D eigenvalue weighted by atomic mass is 9.84. The second-order valence-electron chi connectivity index (χ2n) is 10.7. The predicted octanol–water partition coefficient (Wildman–Crippen LogP) is 6.58. The zero-order valence-electron chi connectivity index (χ0n) is 23.3. The molecule has 3 atom stereocenters. The first kappa shape index (κ1) is 29.4. The van der Waals surface area contributed by atoms with Gasteiger partial charge in [-0.05, 0) is 95.2 Å². The molecule has 5 rings (SSSR count). The smallest absolute Gasteiger partial charge is 0.335 e. The van der Waals surface area contributed by atoms with Crippen LogP contribution in [-0.4, -0.2) is 53.7 Å². The second-order valence-corrected chi connectivity index (χ2v) is 11.6. The van der Waals surface area contributed by atoms with Gasteiger partial charge in [-0.2, -0.15) is 0 Å². The molecule has 2 aliphatic rings. The number of carbonyl (C=O) groups is 3. The zero-order valence-corrected chi connectivity index (χ0v) is 24.9. The molecular weight excluding hydrogens is 602 g/mol. The lowest BCUT2D eigenvalue weighted by Crippen LogP contribution is -2.46. The van der Waals surface area contributed by atoms with Crippen LogP contribution in [0.1, 0.15) is 48.0 Å². The fraction of sp³-hybridized carbons (Fsp3) is 0.344. The van der Waals surface area contributed by atoms with E-state index in [-0.39, 0.29) is 30.0 Å². The number of amides is 3. The van der Waals surface area contributed by atoms with E-state index in [4.69, 9.17) is 14.6 Å². The van der Waals surface area contributed by atoms with Crippen molar-refractivity contribution in [2.75, 3.05) is 24.4 Å². The number of methoxy groups -OCH3 is 1. The maximum Gasteiger partial charge on any atom is 0.335 e. The van der Waals surface area contributed by atoms with Crippen molar-refractivity contribution < 1.29 is 29.0 Å². The Kier molecular flexibility index (Phi) is 9.31. The Morgan fingerprint density at radius 2 is 1.71 bits per heavy atom. The number of benzene rings is 3. The van der Waals surface area contributed by atoms with E-state index in [0.717, 1.165) is 35.7 Å². The van der Waals surface area contributed by atoms with Gasteiger partial charge < -0.3 is 30.1 Å². The van der Waals surface area contributed by atoms with Crippen molar-refractivity contribution in [3.05, 3.63) is 82.3 Å². The van der Waals surface area contributed by atoms with Crippen molar-refractivity contribution in [3.63, 3.8) is 0 Å². The quantitative estimate of drug-likeness (QED) is 0.244. The van der Waals surface area contributed by atoms with Crippen LogP contribution in [0.3, 0.4) is 0 Å².